The second-order valence-corrected chi connectivity index (χ2v) is 8.07. The van der Waals surface area contributed by atoms with Gasteiger partial charge < -0.3 is 14.2 Å². The van der Waals surface area contributed by atoms with Gasteiger partial charge in [-0.25, -0.2) is 0 Å². The fourth-order valence-corrected chi connectivity index (χ4v) is 2.92. The Morgan fingerprint density at radius 2 is 1.13 bits per heavy atom. The first-order valence-corrected chi connectivity index (χ1v) is 10.1. The SMILES string of the molecule is CC(C)(C)Oc1cccc(OC(=O)Cc2ccccc2)c1OC(=O)Cc1ccccc1. The van der Waals surface area contributed by atoms with Gasteiger partial charge in [-0.3, -0.25) is 9.59 Å². The van der Waals surface area contributed by atoms with Crippen molar-refractivity contribution in [3.05, 3.63) is 90.0 Å². The summed E-state index contributed by atoms with van der Waals surface area (Å²) in [6.45, 7) is 5.66. The van der Waals surface area contributed by atoms with Gasteiger partial charge in [0.2, 0.25) is 5.75 Å². The zero-order valence-electron chi connectivity index (χ0n) is 18.0. The Labute approximate surface area is 182 Å². The molecule has 0 aliphatic carbocycles. The van der Waals surface area contributed by atoms with E-state index in [0.717, 1.165) is 11.1 Å². The molecule has 160 valence electrons. The van der Waals surface area contributed by atoms with Crippen molar-refractivity contribution in [2.45, 2.75) is 39.2 Å². The third-order valence-corrected chi connectivity index (χ3v) is 4.18. The average Bonchev–Trinajstić information content (AvgIpc) is 2.71. The molecule has 0 aromatic heterocycles. The summed E-state index contributed by atoms with van der Waals surface area (Å²) >= 11 is 0. The summed E-state index contributed by atoms with van der Waals surface area (Å²) in [6, 6.07) is 23.6. The zero-order chi connectivity index (χ0) is 22.3. The Hall–Kier alpha value is -3.60. The minimum absolute atomic E-state index is 0.0854. The summed E-state index contributed by atoms with van der Waals surface area (Å²) in [6.07, 6.45) is 0.185. The molecule has 3 aromatic rings. The zero-order valence-corrected chi connectivity index (χ0v) is 18.0. The summed E-state index contributed by atoms with van der Waals surface area (Å²) in [5.74, 6) is -0.362. The van der Waals surface area contributed by atoms with Gasteiger partial charge in [-0.15, -0.1) is 0 Å². The minimum atomic E-state index is -0.534. The Morgan fingerprint density at radius 3 is 1.65 bits per heavy atom. The van der Waals surface area contributed by atoms with Crippen molar-refractivity contribution in [1.29, 1.82) is 0 Å². The third-order valence-electron chi connectivity index (χ3n) is 4.18. The summed E-state index contributed by atoms with van der Waals surface area (Å²) in [4.78, 5) is 25.1. The lowest BCUT2D eigenvalue weighted by atomic mass is 10.1. The van der Waals surface area contributed by atoms with Crippen molar-refractivity contribution >= 4 is 11.9 Å². The molecular formula is C26H26O5. The fourth-order valence-electron chi connectivity index (χ4n) is 2.92. The van der Waals surface area contributed by atoms with E-state index in [1.54, 1.807) is 18.2 Å². The molecule has 0 saturated heterocycles. The second kappa shape index (κ2) is 9.94. The number of rotatable bonds is 7. The molecule has 3 aromatic carbocycles. The molecule has 0 fully saturated rings. The number of para-hydroxylation sites is 1. The highest BCUT2D eigenvalue weighted by Crippen LogP contribution is 2.39. The van der Waals surface area contributed by atoms with E-state index in [-0.39, 0.29) is 24.3 Å². The van der Waals surface area contributed by atoms with Gasteiger partial charge >= 0.3 is 11.9 Å². The maximum atomic E-state index is 12.6. The van der Waals surface area contributed by atoms with Gasteiger partial charge in [-0.1, -0.05) is 66.7 Å². The van der Waals surface area contributed by atoms with Crippen LogP contribution in [0, 0.1) is 0 Å². The Morgan fingerprint density at radius 1 is 0.645 bits per heavy atom. The van der Waals surface area contributed by atoms with E-state index < -0.39 is 17.5 Å². The van der Waals surface area contributed by atoms with Crippen LogP contribution in [-0.2, 0) is 22.4 Å². The first-order chi connectivity index (χ1) is 14.8. The first-order valence-electron chi connectivity index (χ1n) is 10.1. The van der Waals surface area contributed by atoms with E-state index in [0.29, 0.717) is 5.75 Å². The number of hydrogen-bond donors (Lipinski definition) is 0. The van der Waals surface area contributed by atoms with Gasteiger partial charge in [0.25, 0.3) is 0 Å². The summed E-state index contributed by atoms with van der Waals surface area (Å²) in [5.41, 5.74) is 1.12. The van der Waals surface area contributed by atoms with Crippen LogP contribution in [0.5, 0.6) is 17.2 Å². The first kappa shape index (κ1) is 22.1. The molecule has 0 spiro atoms. The van der Waals surface area contributed by atoms with Gasteiger partial charge in [0.15, 0.2) is 11.5 Å². The van der Waals surface area contributed by atoms with Gasteiger partial charge in [-0.05, 0) is 44.0 Å². The summed E-state index contributed by atoms with van der Waals surface area (Å²) in [5, 5.41) is 0. The van der Waals surface area contributed by atoms with Crippen LogP contribution in [0.15, 0.2) is 78.9 Å². The van der Waals surface area contributed by atoms with Crippen LogP contribution < -0.4 is 14.2 Å². The fraction of sp³-hybridized carbons (Fsp3) is 0.231. The molecule has 0 unspecified atom stereocenters. The quantitative estimate of drug-likeness (QED) is 0.392. The van der Waals surface area contributed by atoms with Gasteiger partial charge in [-0.2, -0.15) is 0 Å². The lowest BCUT2D eigenvalue weighted by Crippen LogP contribution is -2.24. The van der Waals surface area contributed by atoms with Crippen molar-refractivity contribution in [3.8, 4) is 17.2 Å². The van der Waals surface area contributed by atoms with E-state index in [1.807, 2.05) is 81.4 Å². The monoisotopic (exact) mass is 418 g/mol. The van der Waals surface area contributed by atoms with Crippen LogP contribution in [0.1, 0.15) is 31.9 Å². The number of benzene rings is 3. The molecule has 0 heterocycles. The predicted octanol–water partition coefficient (Wildman–Crippen LogP) is 5.16. The Bertz CT molecular complexity index is 1020. The van der Waals surface area contributed by atoms with Crippen LogP contribution in [0.3, 0.4) is 0 Å². The number of hydrogen-bond acceptors (Lipinski definition) is 5. The number of carbonyl (C=O) groups is 2. The molecule has 0 aliphatic rings. The van der Waals surface area contributed by atoms with Crippen LogP contribution >= 0.6 is 0 Å². The molecule has 0 bridgehead atoms. The molecule has 31 heavy (non-hydrogen) atoms. The lowest BCUT2D eigenvalue weighted by Gasteiger charge is -2.23. The van der Waals surface area contributed by atoms with E-state index in [1.165, 1.54) is 0 Å². The molecule has 0 aliphatic heterocycles. The van der Waals surface area contributed by atoms with Crippen LogP contribution in [0.25, 0.3) is 0 Å². The van der Waals surface area contributed by atoms with Crippen molar-refractivity contribution in [1.82, 2.24) is 0 Å². The smallest absolute Gasteiger partial charge is 0.315 e. The highest BCUT2D eigenvalue weighted by Gasteiger charge is 2.22. The van der Waals surface area contributed by atoms with Crippen molar-refractivity contribution < 1.29 is 23.8 Å². The van der Waals surface area contributed by atoms with Gasteiger partial charge in [0, 0.05) is 0 Å². The minimum Gasteiger partial charge on any atom is -0.484 e. The van der Waals surface area contributed by atoms with E-state index in [9.17, 15) is 9.59 Å². The highest BCUT2D eigenvalue weighted by atomic mass is 16.6. The average molecular weight is 418 g/mol. The molecule has 5 heteroatoms. The maximum Gasteiger partial charge on any atom is 0.315 e. The van der Waals surface area contributed by atoms with Crippen molar-refractivity contribution in [2.24, 2.45) is 0 Å². The van der Waals surface area contributed by atoms with Gasteiger partial charge in [0.05, 0.1) is 12.8 Å². The van der Waals surface area contributed by atoms with Gasteiger partial charge in [0.1, 0.15) is 5.60 Å². The third kappa shape index (κ3) is 7.00. The molecule has 0 N–H and O–H groups in total. The topological polar surface area (TPSA) is 61.8 Å². The standard InChI is InChI=1S/C26H26O5/c1-26(2,3)31-22-16-10-15-21(29-23(27)17-19-11-6-4-7-12-19)25(22)30-24(28)18-20-13-8-5-9-14-20/h4-16H,17-18H2,1-3H3. The molecular weight excluding hydrogens is 392 g/mol. The number of esters is 2. The molecule has 3 rings (SSSR count). The van der Waals surface area contributed by atoms with Crippen LogP contribution in [-0.4, -0.2) is 17.5 Å². The number of carbonyl (C=O) groups excluding carboxylic acids is 2. The largest absolute Gasteiger partial charge is 0.484 e. The number of ether oxygens (including phenoxy) is 3. The molecule has 0 radical (unpaired) electrons. The predicted molar refractivity (Wildman–Crippen MR) is 118 cm³/mol. The van der Waals surface area contributed by atoms with Crippen molar-refractivity contribution in [2.75, 3.05) is 0 Å². The van der Waals surface area contributed by atoms with E-state index in [4.69, 9.17) is 14.2 Å². The van der Waals surface area contributed by atoms with E-state index in [2.05, 4.69) is 0 Å². The van der Waals surface area contributed by atoms with Crippen LogP contribution in [0.2, 0.25) is 0 Å². The highest BCUT2D eigenvalue weighted by molar-refractivity contribution is 5.79. The summed E-state index contributed by atoms with van der Waals surface area (Å²) < 4.78 is 17.2. The maximum absolute atomic E-state index is 12.6. The van der Waals surface area contributed by atoms with E-state index >= 15 is 0 Å². The normalized spacial score (nSPS) is 10.9. The molecule has 0 amide bonds. The molecule has 5 nitrogen and oxygen atoms in total. The van der Waals surface area contributed by atoms with Crippen LogP contribution in [0.4, 0.5) is 0 Å². The Kier molecular flexibility index (Phi) is 7.08. The Balaban J connectivity index is 1.82. The van der Waals surface area contributed by atoms with Crippen molar-refractivity contribution in [3.63, 3.8) is 0 Å². The molecule has 0 atom stereocenters. The second-order valence-electron chi connectivity index (χ2n) is 8.07. The molecule has 0 saturated carbocycles. The lowest BCUT2D eigenvalue weighted by molar-refractivity contribution is -0.136. The summed E-state index contributed by atoms with van der Waals surface area (Å²) in [7, 11) is 0.